The monoisotopic (exact) mass is 430 g/mol. The molecule has 0 saturated heterocycles. The van der Waals surface area contributed by atoms with E-state index in [-0.39, 0.29) is 31.1 Å². The minimum Gasteiger partial charge on any atom is -0.497 e. The number of carboxylic acids is 1. The summed E-state index contributed by atoms with van der Waals surface area (Å²) in [5, 5.41) is 15.1. The first-order chi connectivity index (χ1) is 14.5. The minimum atomic E-state index is -0.927. The molecular formula is C22H26N2O5S. The third-order valence-electron chi connectivity index (χ3n) is 5.02. The molecule has 2 amide bonds. The van der Waals surface area contributed by atoms with Crippen molar-refractivity contribution in [2.24, 2.45) is 0 Å². The van der Waals surface area contributed by atoms with Crippen molar-refractivity contribution in [3.63, 3.8) is 0 Å². The highest BCUT2D eigenvalue weighted by Gasteiger charge is 2.26. The molecule has 3 rings (SSSR count). The maximum atomic E-state index is 13.2. The molecule has 3 N–H and O–H groups in total. The average Bonchev–Trinajstić information content (AvgIpc) is 2.88. The molecular weight excluding hydrogens is 404 g/mol. The normalized spacial score (nSPS) is 13.1. The van der Waals surface area contributed by atoms with Crippen LogP contribution in [0.1, 0.15) is 59.3 Å². The quantitative estimate of drug-likeness (QED) is 0.536. The molecule has 1 aromatic carbocycles. The van der Waals surface area contributed by atoms with E-state index >= 15 is 0 Å². The first-order valence-corrected chi connectivity index (χ1v) is 10.9. The summed E-state index contributed by atoms with van der Waals surface area (Å²) in [4.78, 5) is 37.4. The Morgan fingerprint density at radius 3 is 2.67 bits per heavy atom. The average molecular weight is 431 g/mol. The second-order valence-electron chi connectivity index (χ2n) is 7.25. The van der Waals surface area contributed by atoms with Gasteiger partial charge in [0, 0.05) is 29.5 Å². The fourth-order valence-corrected chi connectivity index (χ4v) is 4.86. The van der Waals surface area contributed by atoms with Crippen LogP contribution in [0.3, 0.4) is 0 Å². The second kappa shape index (κ2) is 10.2. The SMILES string of the molecule is COc1cccc(NC(=O)c2c(NC(=O)CCCC(=O)O)sc3c2CCCCC3)c1. The zero-order chi connectivity index (χ0) is 21.5. The predicted molar refractivity (Wildman–Crippen MR) is 117 cm³/mol. The molecule has 1 heterocycles. The van der Waals surface area contributed by atoms with Gasteiger partial charge in [-0.1, -0.05) is 12.5 Å². The first-order valence-electron chi connectivity index (χ1n) is 10.1. The summed E-state index contributed by atoms with van der Waals surface area (Å²) >= 11 is 1.46. The van der Waals surface area contributed by atoms with Crippen LogP contribution in [0.5, 0.6) is 5.75 Å². The van der Waals surface area contributed by atoms with Gasteiger partial charge in [0.1, 0.15) is 10.8 Å². The van der Waals surface area contributed by atoms with Crippen LogP contribution < -0.4 is 15.4 Å². The van der Waals surface area contributed by atoms with E-state index in [1.54, 1.807) is 31.4 Å². The number of aryl methyl sites for hydroxylation is 1. The Morgan fingerprint density at radius 1 is 1.10 bits per heavy atom. The summed E-state index contributed by atoms with van der Waals surface area (Å²) in [6.45, 7) is 0. The third kappa shape index (κ3) is 5.60. The van der Waals surface area contributed by atoms with Crippen LogP contribution in [0.25, 0.3) is 0 Å². The van der Waals surface area contributed by atoms with Gasteiger partial charge in [0.2, 0.25) is 5.91 Å². The summed E-state index contributed by atoms with van der Waals surface area (Å²) in [5.74, 6) is -0.820. The topological polar surface area (TPSA) is 105 Å². The number of carbonyl (C=O) groups excluding carboxylic acids is 2. The highest BCUT2D eigenvalue weighted by molar-refractivity contribution is 7.17. The lowest BCUT2D eigenvalue weighted by atomic mass is 10.0. The Morgan fingerprint density at radius 2 is 1.90 bits per heavy atom. The molecule has 1 aromatic heterocycles. The third-order valence-corrected chi connectivity index (χ3v) is 6.23. The van der Waals surface area contributed by atoms with Gasteiger partial charge in [0.15, 0.2) is 0 Å². The number of rotatable bonds is 8. The summed E-state index contributed by atoms with van der Waals surface area (Å²) < 4.78 is 5.22. The van der Waals surface area contributed by atoms with E-state index in [9.17, 15) is 14.4 Å². The molecule has 0 fully saturated rings. The minimum absolute atomic E-state index is 0.0580. The molecule has 0 bridgehead atoms. The Kier molecular flexibility index (Phi) is 7.46. The Hall–Kier alpha value is -2.87. The number of nitrogens with one attached hydrogen (secondary N) is 2. The second-order valence-corrected chi connectivity index (χ2v) is 8.36. The van der Waals surface area contributed by atoms with E-state index in [0.717, 1.165) is 42.5 Å². The van der Waals surface area contributed by atoms with Crippen LogP contribution in [-0.2, 0) is 22.4 Å². The van der Waals surface area contributed by atoms with Crippen LogP contribution in [0.4, 0.5) is 10.7 Å². The van der Waals surface area contributed by atoms with Crippen molar-refractivity contribution in [2.75, 3.05) is 17.7 Å². The zero-order valence-corrected chi connectivity index (χ0v) is 17.8. The van der Waals surface area contributed by atoms with Gasteiger partial charge in [-0.2, -0.15) is 0 Å². The van der Waals surface area contributed by atoms with Gasteiger partial charge in [-0.25, -0.2) is 0 Å². The van der Waals surface area contributed by atoms with E-state index < -0.39 is 5.97 Å². The number of hydrogen-bond donors (Lipinski definition) is 3. The predicted octanol–water partition coefficient (Wildman–Crippen LogP) is 4.47. The van der Waals surface area contributed by atoms with Crippen LogP contribution in [0.15, 0.2) is 24.3 Å². The molecule has 0 unspecified atom stereocenters. The van der Waals surface area contributed by atoms with E-state index in [1.165, 1.54) is 11.3 Å². The van der Waals surface area contributed by atoms with Crippen LogP contribution >= 0.6 is 11.3 Å². The van der Waals surface area contributed by atoms with Crippen molar-refractivity contribution < 1.29 is 24.2 Å². The number of thiophene rings is 1. The molecule has 0 spiro atoms. The zero-order valence-electron chi connectivity index (χ0n) is 17.0. The van der Waals surface area contributed by atoms with Gasteiger partial charge in [0.05, 0.1) is 12.7 Å². The number of amides is 2. The van der Waals surface area contributed by atoms with Crippen molar-refractivity contribution in [2.45, 2.75) is 51.4 Å². The Bertz CT molecular complexity index is 938. The van der Waals surface area contributed by atoms with E-state index in [4.69, 9.17) is 9.84 Å². The summed E-state index contributed by atoms with van der Waals surface area (Å²) in [6, 6.07) is 7.13. The summed E-state index contributed by atoms with van der Waals surface area (Å²) in [6.07, 6.45) is 5.21. The molecule has 7 nitrogen and oxygen atoms in total. The Labute approximate surface area is 179 Å². The fourth-order valence-electron chi connectivity index (χ4n) is 3.55. The lowest BCUT2D eigenvalue weighted by Crippen LogP contribution is -2.18. The number of benzene rings is 1. The molecule has 0 atom stereocenters. The number of fused-ring (bicyclic) bond motifs is 1. The maximum Gasteiger partial charge on any atom is 0.303 e. The van der Waals surface area contributed by atoms with E-state index in [0.29, 0.717) is 22.0 Å². The molecule has 1 aliphatic carbocycles. The molecule has 1 aliphatic rings. The Balaban J connectivity index is 1.83. The number of methoxy groups -OCH3 is 1. The largest absolute Gasteiger partial charge is 0.497 e. The fraction of sp³-hybridized carbons (Fsp3) is 0.409. The number of ether oxygens (including phenoxy) is 1. The van der Waals surface area contributed by atoms with Gasteiger partial charge in [0.25, 0.3) is 5.91 Å². The van der Waals surface area contributed by atoms with Crippen LogP contribution in [-0.4, -0.2) is 30.0 Å². The highest BCUT2D eigenvalue weighted by Crippen LogP contribution is 2.38. The van der Waals surface area contributed by atoms with Crippen molar-refractivity contribution >= 4 is 39.8 Å². The standard InChI is InChI=1S/C22H26N2O5S/c1-29-15-8-5-7-14(13-15)23-21(28)20-16-9-3-2-4-10-17(16)30-22(20)24-18(25)11-6-12-19(26)27/h5,7-8,13H,2-4,6,9-12H2,1H3,(H,23,28)(H,24,25)(H,26,27). The van der Waals surface area contributed by atoms with Crippen molar-refractivity contribution in [3.05, 3.63) is 40.3 Å². The molecule has 0 radical (unpaired) electrons. The van der Waals surface area contributed by atoms with Crippen LogP contribution in [0.2, 0.25) is 0 Å². The van der Waals surface area contributed by atoms with E-state index in [2.05, 4.69) is 10.6 Å². The lowest BCUT2D eigenvalue weighted by molar-refractivity contribution is -0.137. The van der Waals surface area contributed by atoms with Crippen molar-refractivity contribution in [3.8, 4) is 5.75 Å². The number of aliphatic carboxylic acids is 1. The molecule has 0 aliphatic heterocycles. The van der Waals surface area contributed by atoms with Gasteiger partial charge < -0.3 is 20.5 Å². The van der Waals surface area contributed by atoms with Gasteiger partial charge in [-0.3, -0.25) is 14.4 Å². The molecule has 8 heteroatoms. The van der Waals surface area contributed by atoms with Gasteiger partial charge in [-0.15, -0.1) is 11.3 Å². The molecule has 0 saturated carbocycles. The van der Waals surface area contributed by atoms with Crippen molar-refractivity contribution in [1.29, 1.82) is 0 Å². The van der Waals surface area contributed by atoms with Gasteiger partial charge >= 0.3 is 5.97 Å². The van der Waals surface area contributed by atoms with Crippen LogP contribution in [0, 0.1) is 0 Å². The maximum absolute atomic E-state index is 13.2. The highest BCUT2D eigenvalue weighted by atomic mass is 32.1. The molecule has 30 heavy (non-hydrogen) atoms. The van der Waals surface area contributed by atoms with E-state index in [1.807, 2.05) is 0 Å². The number of anilines is 2. The number of carboxylic acid groups (broad SMARTS) is 1. The smallest absolute Gasteiger partial charge is 0.303 e. The molecule has 2 aromatic rings. The lowest BCUT2D eigenvalue weighted by Gasteiger charge is -2.11. The summed E-state index contributed by atoms with van der Waals surface area (Å²) in [7, 11) is 1.57. The number of carbonyl (C=O) groups is 3. The van der Waals surface area contributed by atoms with Gasteiger partial charge in [-0.05, 0) is 49.8 Å². The van der Waals surface area contributed by atoms with Crippen molar-refractivity contribution in [1.82, 2.24) is 0 Å². The first kappa shape index (κ1) is 21.8. The number of hydrogen-bond acceptors (Lipinski definition) is 5. The molecule has 160 valence electrons. The summed E-state index contributed by atoms with van der Waals surface area (Å²) in [5.41, 5.74) is 2.15.